The maximum Gasteiger partial charge on any atom is 0.0675 e. The van der Waals surface area contributed by atoms with Crippen molar-refractivity contribution in [3.8, 4) is 0 Å². The molecule has 0 aliphatic carbocycles. The number of thioether (sulfide) groups is 1. The molecule has 0 bridgehead atoms. The lowest BCUT2D eigenvalue weighted by Gasteiger charge is -2.14. The Kier molecular flexibility index (Phi) is 4.51. The standard InChI is InChI=1S/C17H18N2S/c1-2-8-16(9-3-1)20-13-15-7-4-10-17(19-15)14-6-5-11-18-12-14/h1-4,6-10,18H,5,11-13H2. The summed E-state index contributed by atoms with van der Waals surface area (Å²) in [7, 11) is 0. The topological polar surface area (TPSA) is 24.9 Å². The van der Waals surface area contributed by atoms with Crippen molar-refractivity contribution in [1.82, 2.24) is 10.3 Å². The van der Waals surface area contributed by atoms with Crippen molar-refractivity contribution in [1.29, 1.82) is 0 Å². The molecule has 3 rings (SSSR count). The smallest absolute Gasteiger partial charge is 0.0675 e. The lowest BCUT2D eigenvalue weighted by molar-refractivity contribution is 0.737. The third-order valence-corrected chi connectivity index (χ3v) is 4.34. The second kappa shape index (κ2) is 6.73. The van der Waals surface area contributed by atoms with Gasteiger partial charge in [-0.1, -0.05) is 30.3 Å². The molecule has 1 aromatic carbocycles. The van der Waals surface area contributed by atoms with Gasteiger partial charge in [-0.3, -0.25) is 4.98 Å². The van der Waals surface area contributed by atoms with E-state index >= 15 is 0 Å². The first-order valence-corrected chi connectivity index (χ1v) is 7.94. The molecule has 2 aromatic rings. The Morgan fingerprint density at radius 2 is 1.95 bits per heavy atom. The third kappa shape index (κ3) is 3.50. The summed E-state index contributed by atoms with van der Waals surface area (Å²) in [6.07, 6.45) is 3.40. The van der Waals surface area contributed by atoms with Crippen LogP contribution in [0.5, 0.6) is 0 Å². The molecule has 2 heterocycles. The van der Waals surface area contributed by atoms with Crippen molar-refractivity contribution >= 4 is 17.3 Å². The van der Waals surface area contributed by atoms with Gasteiger partial charge in [0.25, 0.3) is 0 Å². The Labute approximate surface area is 124 Å². The molecular weight excluding hydrogens is 264 g/mol. The fourth-order valence-electron chi connectivity index (χ4n) is 2.25. The van der Waals surface area contributed by atoms with Crippen LogP contribution in [-0.2, 0) is 5.75 Å². The van der Waals surface area contributed by atoms with Crippen molar-refractivity contribution in [3.05, 3.63) is 66.0 Å². The Morgan fingerprint density at radius 3 is 2.75 bits per heavy atom. The highest BCUT2D eigenvalue weighted by Gasteiger charge is 2.07. The van der Waals surface area contributed by atoms with Crippen LogP contribution in [0.1, 0.15) is 17.8 Å². The number of nitrogens with zero attached hydrogens (tertiary/aromatic N) is 1. The largest absolute Gasteiger partial charge is 0.312 e. The van der Waals surface area contributed by atoms with Gasteiger partial charge in [-0.05, 0) is 42.8 Å². The van der Waals surface area contributed by atoms with E-state index in [1.54, 1.807) is 0 Å². The number of aromatic nitrogens is 1. The number of hydrogen-bond acceptors (Lipinski definition) is 3. The number of rotatable bonds is 4. The van der Waals surface area contributed by atoms with Crippen LogP contribution in [0.2, 0.25) is 0 Å². The van der Waals surface area contributed by atoms with Gasteiger partial charge in [0, 0.05) is 17.2 Å². The molecule has 0 atom stereocenters. The van der Waals surface area contributed by atoms with Crippen molar-refractivity contribution in [2.75, 3.05) is 13.1 Å². The van der Waals surface area contributed by atoms with Crippen molar-refractivity contribution in [3.63, 3.8) is 0 Å². The fourth-order valence-corrected chi connectivity index (χ4v) is 3.08. The molecule has 3 heteroatoms. The molecule has 0 fully saturated rings. The zero-order chi connectivity index (χ0) is 13.6. The van der Waals surface area contributed by atoms with E-state index in [0.29, 0.717) is 0 Å². The van der Waals surface area contributed by atoms with Gasteiger partial charge in [0.2, 0.25) is 0 Å². The Morgan fingerprint density at radius 1 is 1.05 bits per heavy atom. The third-order valence-electron chi connectivity index (χ3n) is 3.29. The zero-order valence-corrected chi connectivity index (χ0v) is 12.2. The summed E-state index contributed by atoms with van der Waals surface area (Å²) in [5.74, 6) is 0.915. The van der Waals surface area contributed by atoms with Gasteiger partial charge >= 0.3 is 0 Å². The van der Waals surface area contributed by atoms with Crippen LogP contribution in [-0.4, -0.2) is 18.1 Å². The highest BCUT2D eigenvalue weighted by atomic mass is 32.2. The van der Waals surface area contributed by atoms with Gasteiger partial charge in [-0.15, -0.1) is 11.8 Å². The van der Waals surface area contributed by atoms with Crippen LogP contribution >= 0.6 is 11.8 Å². The SMILES string of the molecule is C1=C(c2cccc(CSc3ccccc3)n2)CNCC1. The summed E-state index contributed by atoms with van der Waals surface area (Å²) in [5, 5.41) is 3.40. The molecule has 1 aliphatic rings. The molecule has 102 valence electrons. The summed E-state index contributed by atoms with van der Waals surface area (Å²) in [4.78, 5) is 6.07. The van der Waals surface area contributed by atoms with Crippen molar-refractivity contribution in [2.45, 2.75) is 17.1 Å². The Hall–Kier alpha value is -1.58. The maximum absolute atomic E-state index is 4.78. The average molecular weight is 282 g/mol. The van der Waals surface area contributed by atoms with E-state index in [-0.39, 0.29) is 0 Å². The van der Waals surface area contributed by atoms with Crippen LogP contribution in [0.15, 0.2) is 59.5 Å². The molecule has 1 N–H and O–H groups in total. The molecule has 0 radical (unpaired) electrons. The van der Waals surface area contributed by atoms with Crippen molar-refractivity contribution < 1.29 is 0 Å². The van der Waals surface area contributed by atoms with Gasteiger partial charge in [-0.2, -0.15) is 0 Å². The predicted octanol–water partition coefficient (Wildman–Crippen LogP) is 3.75. The summed E-state index contributed by atoms with van der Waals surface area (Å²) < 4.78 is 0. The molecule has 0 amide bonds. The molecule has 0 unspecified atom stereocenters. The average Bonchev–Trinajstić information content (AvgIpc) is 2.55. The lowest BCUT2D eigenvalue weighted by Crippen LogP contribution is -2.21. The van der Waals surface area contributed by atoms with E-state index in [0.717, 1.165) is 36.7 Å². The molecule has 1 aromatic heterocycles. The normalized spacial score (nSPS) is 14.9. The first-order chi connectivity index (χ1) is 9.92. The van der Waals surface area contributed by atoms with E-state index in [2.05, 4.69) is 53.9 Å². The second-order valence-electron chi connectivity index (χ2n) is 4.81. The molecule has 2 nitrogen and oxygen atoms in total. The minimum Gasteiger partial charge on any atom is -0.312 e. The van der Waals surface area contributed by atoms with E-state index in [4.69, 9.17) is 4.98 Å². The van der Waals surface area contributed by atoms with Crippen LogP contribution in [0.4, 0.5) is 0 Å². The highest BCUT2D eigenvalue weighted by Crippen LogP contribution is 2.22. The zero-order valence-electron chi connectivity index (χ0n) is 11.4. The molecular formula is C17H18N2S. The van der Waals surface area contributed by atoms with Gasteiger partial charge in [0.1, 0.15) is 0 Å². The summed E-state index contributed by atoms with van der Waals surface area (Å²) in [6.45, 7) is 2.01. The minimum atomic E-state index is 0.915. The second-order valence-corrected chi connectivity index (χ2v) is 5.86. The van der Waals surface area contributed by atoms with E-state index in [9.17, 15) is 0 Å². The monoisotopic (exact) mass is 282 g/mol. The Balaban J connectivity index is 1.70. The van der Waals surface area contributed by atoms with Gasteiger partial charge < -0.3 is 5.32 Å². The molecule has 0 spiro atoms. The predicted molar refractivity (Wildman–Crippen MR) is 85.7 cm³/mol. The number of hydrogen-bond donors (Lipinski definition) is 1. The van der Waals surface area contributed by atoms with Crippen LogP contribution in [0.25, 0.3) is 5.57 Å². The van der Waals surface area contributed by atoms with Crippen LogP contribution < -0.4 is 5.32 Å². The number of nitrogens with one attached hydrogen (secondary N) is 1. The highest BCUT2D eigenvalue weighted by molar-refractivity contribution is 7.98. The van der Waals surface area contributed by atoms with Gasteiger partial charge in [0.05, 0.1) is 11.4 Å². The summed E-state index contributed by atoms with van der Waals surface area (Å²) in [5.41, 5.74) is 3.58. The molecule has 0 saturated heterocycles. The summed E-state index contributed by atoms with van der Waals surface area (Å²) >= 11 is 1.83. The van der Waals surface area contributed by atoms with E-state index in [1.807, 2.05) is 17.8 Å². The number of benzene rings is 1. The maximum atomic E-state index is 4.78. The van der Waals surface area contributed by atoms with Gasteiger partial charge in [0.15, 0.2) is 0 Å². The van der Waals surface area contributed by atoms with Crippen LogP contribution in [0.3, 0.4) is 0 Å². The quantitative estimate of drug-likeness (QED) is 0.865. The first-order valence-electron chi connectivity index (χ1n) is 6.96. The lowest BCUT2D eigenvalue weighted by atomic mass is 10.1. The number of pyridine rings is 1. The van der Waals surface area contributed by atoms with Gasteiger partial charge in [-0.25, -0.2) is 0 Å². The fraction of sp³-hybridized carbons (Fsp3) is 0.235. The molecule has 0 saturated carbocycles. The van der Waals surface area contributed by atoms with Crippen LogP contribution in [0, 0.1) is 0 Å². The van der Waals surface area contributed by atoms with Crippen molar-refractivity contribution in [2.24, 2.45) is 0 Å². The molecule has 1 aliphatic heterocycles. The van der Waals surface area contributed by atoms with E-state index in [1.165, 1.54) is 10.5 Å². The first kappa shape index (κ1) is 13.4. The van der Waals surface area contributed by atoms with E-state index < -0.39 is 0 Å². The minimum absolute atomic E-state index is 0.915. The Bertz CT molecular complexity index is 593. The summed E-state index contributed by atoms with van der Waals surface area (Å²) in [6, 6.07) is 16.8. The molecule has 20 heavy (non-hydrogen) atoms.